The van der Waals surface area contributed by atoms with Gasteiger partial charge in [-0.15, -0.1) is 0 Å². The van der Waals surface area contributed by atoms with E-state index < -0.39 is 5.54 Å². The zero-order valence-corrected chi connectivity index (χ0v) is 15.4. The van der Waals surface area contributed by atoms with E-state index in [9.17, 15) is 9.59 Å². The predicted molar refractivity (Wildman–Crippen MR) is 100 cm³/mol. The molecule has 0 aliphatic heterocycles. The summed E-state index contributed by atoms with van der Waals surface area (Å²) in [6.07, 6.45) is 0.988. The molecule has 0 heterocycles. The zero-order chi connectivity index (χ0) is 18.4. The lowest BCUT2D eigenvalue weighted by Gasteiger charge is -2.35. The van der Waals surface area contributed by atoms with Gasteiger partial charge in [-0.25, -0.2) is 5.01 Å². The molecule has 0 bridgehead atoms. The highest BCUT2D eigenvalue weighted by Gasteiger charge is 2.28. The van der Waals surface area contributed by atoms with Gasteiger partial charge < -0.3 is 0 Å². The number of amides is 2. The number of hydrazine groups is 1. The molecule has 2 aromatic rings. The Hall–Kier alpha value is -2.62. The minimum absolute atomic E-state index is 0.0997. The van der Waals surface area contributed by atoms with Crippen molar-refractivity contribution in [1.82, 2.24) is 10.4 Å². The first-order valence-electron chi connectivity index (χ1n) is 8.52. The molecule has 0 aliphatic carbocycles. The number of hydrogen-bond donors (Lipinski definition) is 1. The maximum Gasteiger partial charge on any atom is 0.269 e. The number of nitrogens with zero attached hydrogens (tertiary/aromatic N) is 1. The van der Waals surface area contributed by atoms with E-state index in [1.807, 2.05) is 76.2 Å². The van der Waals surface area contributed by atoms with E-state index in [2.05, 4.69) is 5.43 Å². The number of nitrogens with one attached hydrogen (secondary N) is 1. The molecule has 0 atom stereocenters. The molecular weight excluding hydrogens is 312 g/mol. The fourth-order valence-electron chi connectivity index (χ4n) is 2.56. The Kier molecular flexibility index (Phi) is 5.97. The van der Waals surface area contributed by atoms with E-state index in [0.29, 0.717) is 18.4 Å². The Labute approximate surface area is 149 Å². The number of carbonyl (C=O) groups is 2. The second-order valence-electron chi connectivity index (χ2n) is 7.20. The molecule has 25 heavy (non-hydrogen) atoms. The number of aryl methyl sites for hydroxylation is 2. The molecule has 2 rings (SSSR count). The topological polar surface area (TPSA) is 49.4 Å². The Morgan fingerprint density at radius 2 is 1.68 bits per heavy atom. The van der Waals surface area contributed by atoms with Crippen molar-refractivity contribution >= 4 is 11.8 Å². The van der Waals surface area contributed by atoms with Crippen molar-refractivity contribution in [2.75, 3.05) is 0 Å². The summed E-state index contributed by atoms with van der Waals surface area (Å²) in [5.41, 5.74) is 4.93. The average Bonchev–Trinajstić information content (AvgIpc) is 2.57. The quantitative estimate of drug-likeness (QED) is 0.860. The van der Waals surface area contributed by atoms with Crippen LogP contribution >= 0.6 is 0 Å². The molecule has 0 saturated heterocycles. The first kappa shape index (κ1) is 18.7. The van der Waals surface area contributed by atoms with Gasteiger partial charge in [0, 0.05) is 12.0 Å². The molecular formula is C21H26N2O2. The Bertz CT molecular complexity index is 733. The van der Waals surface area contributed by atoms with Crippen LogP contribution in [0.3, 0.4) is 0 Å². The second-order valence-corrected chi connectivity index (χ2v) is 7.20. The second kappa shape index (κ2) is 7.97. The van der Waals surface area contributed by atoms with Gasteiger partial charge >= 0.3 is 0 Å². The van der Waals surface area contributed by atoms with Gasteiger partial charge in [-0.1, -0.05) is 48.0 Å². The zero-order valence-electron chi connectivity index (χ0n) is 15.4. The molecule has 1 N–H and O–H groups in total. The number of hydrogen-bond acceptors (Lipinski definition) is 2. The number of benzene rings is 2. The summed E-state index contributed by atoms with van der Waals surface area (Å²) in [5, 5.41) is 1.45. The van der Waals surface area contributed by atoms with E-state index in [0.717, 1.165) is 11.1 Å². The lowest BCUT2D eigenvalue weighted by molar-refractivity contribution is -0.139. The Balaban J connectivity index is 2.08. The van der Waals surface area contributed by atoms with E-state index in [1.165, 1.54) is 5.01 Å². The summed E-state index contributed by atoms with van der Waals surface area (Å²) in [5.74, 6) is -0.371. The minimum Gasteiger partial charge on any atom is -0.273 e. The average molecular weight is 338 g/mol. The molecule has 0 fully saturated rings. The van der Waals surface area contributed by atoms with Crippen molar-refractivity contribution < 1.29 is 9.59 Å². The van der Waals surface area contributed by atoms with Crippen LogP contribution in [-0.2, 0) is 11.2 Å². The highest BCUT2D eigenvalue weighted by Crippen LogP contribution is 2.15. The molecule has 4 nitrogen and oxygen atoms in total. The molecule has 2 aromatic carbocycles. The SMILES string of the molecule is Cc1cccc(C(=O)NN(C(=O)CCc2ccccc2)C(C)(C)C)c1. The van der Waals surface area contributed by atoms with Crippen LogP contribution in [0.5, 0.6) is 0 Å². The van der Waals surface area contributed by atoms with Crippen molar-refractivity contribution in [3.05, 3.63) is 71.3 Å². The van der Waals surface area contributed by atoms with Crippen molar-refractivity contribution in [2.24, 2.45) is 0 Å². The maximum atomic E-state index is 12.7. The Morgan fingerprint density at radius 3 is 2.28 bits per heavy atom. The third-order valence-corrected chi connectivity index (χ3v) is 3.88. The van der Waals surface area contributed by atoms with Crippen molar-refractivity contribution in [3.63, 3.8) is 0 Å². The van der Waals surface area contributed by atoms with Crippen molar-refractivity contribution in [2.45, 2.75) is 46.1 Å². The lowest BCUT2D eigenvalue weighted by Crippen LogP contribution is -2.55. The summed E-state index contributed by atoms with van der Waals surface area (Å²) in [4.78, 5) is 25.2. The fourth-order valence-corrected chi connectivity index (χ4v) is 2.56. The molecule has 132 valence electrons. The smallest absolute Gasteiger partial charge is 0.269 e. The van der Waals surface area contributed by atoms with Gasteiger partial charge in [-0.2, -0.15) is 0 Å². The lowest BCUT2D eigenvalue weighted by atomic mass is 10.1. The first-order valence-corrected chi connectivity index (χ1v) is 8.52. The van der Waals surface area contributed by atoms with E-state index >= 15 is 0 Å². The van der Waals surface area contributed by atoms with Gasteiger partial charge in [0.15, 0.2) is 0 Å². The molecule has 0 spiro atoms. The molecule has 0 radical (unpaired) electrons. The normalized spacial score (nSPS) is 11.0. The summed E-state index contributed by atoms with van der Waals surface area (Å²) in [6, 6.07) is 17.2. The van der Waals surface area contributed by atoms with Crippen molar-refractivity contribution in [3.8, 4) is 0 Å². The first-order chi connectivity index (χ1) is 11.8. The van der Waals surface area contributed by atoms with Gasteiger partial charge in [-0.05, 0) is 51.8 Å². The number of carbonyl (C=O) groups excluding carboxylic acids is 2. The van der Waals surface area contributed by atoms with Crippen LogP contribution in [0.4, 0.5) is 0 Å². The minimum atomic E-state index is -0.507. The monoisotopic (exact) mass is 338 g/mol. The summed E-state index contributed by atoms with van der Waals surface area (Å²) >= 11 is 0. The summed E-state index contributed by atoms with van der Waals surface area (Å²) in [7, 11) is 0. The van der Waals surface area contributed by atoms with Crippen LogP contribution in [0.1, 0.15) is 48.7 Å². The van der Waals surface area contributed by atoms with Crippen LogP contribution in [0.25, 0.3) is 0 Å². The van der Waals surface area contributed by atoms with Crippen LogP contribution in [0, 0.1) is 6.92 Å². The third kappa shape index (κ3) is 5.45. The Morgan fingerprint density at radius 1 is 1.00 bits per heavy atom. The number of rotatable bonds is 4. The molecule has 0 aromatic heterocycles. The summed E-state index contributed by atoms with van der Waals surface area (Å²) < 4.78 is 0. The fraction of sp³-hybridized carbons (Fsp3) is 0.333. The molecule has 0 saturated carbocycles. The van der Waals surface area contributed by atoms with Gasteiger partial charge in [0.2, 0.25) is 5.91 Å². The van der Waals surface area contributed by atoms with E-state index in [-0.39, 0.29) is 11.8 Å². The van der Waals surface area contributed by atoms with E-state index in [1.54, 1.807) is 6.07 Å². The van der Waals surface area contributed by atoms with Gasteiger partial charge in [0.1, 0.15) is 0 Å². The highest BCUT2D eigenvalue weighted by molar-refractivity contribution is 5.95. The largest absolute Gasteiger partial charge is 0.273 e. The third-order valence-electron chi connectivity index (χ3n) is 3.88. The molecule has 4 heteroatoms. The van der Waals surface area contributed by atoms with Crippen LogP contribution in [0.15, 0.2) is 54.6 Å². The molecule has 0 aliphatic rings. The highest BCUT2D eigenvalue weighted by atomic mass is 16.2. The standard InChI is InChI=1S/C21H26N2O2/c1-16-9-8-12-18(15-16)20(25)22-23(21(2,3)4)19(24)14-13-17-10-6-5-7-11-17/h5-12,15H,13-14H2,1-4H3,(H,22,25). The predicted octanol–water partition coefficient (Wildman–Crippen LogP) is 3.90. The van der Waals surface area contributed by atoms with Crippen LogP contribution in [0.2, 0.25) is 0 Å². The van der Waals surface area contributed by atoms with Crippen LogP contribution < -0.4 is 5.43 Å². The van der Waals surface area contributed by atoms with Gasteiger partial charge in [0.05, 0.1) is 5.54 Å². The maximum absolute atomic E-state index is 12.7. The van der Waals surface area contributed by atoms with E-state index in [4.69, 9.17) is 0 Å². The van der Waals surface area contributed by atoms with Crippen molar-refractivity contribution in [1.29, 1.82) is 0 Å². The molecule has 0 unspecified atom stereocenters. The van der Waals surface area contributed by atoms with Gasteiger partial charge in [0.25, 0.3) is 5.91 Å². The van der Waals surface area contributed by atoms with Crippen LogP contribution in [-0.4, -0.2) is 22.4 Å². The summed E-state index contributed by atoms with van der Waals surface area (Å²) in [6.45, 7) is 7.65. The molecule has 2 amide bonds. The van der Waals surface area contributed by atoms with Gasteiger partial charge in [-0.3, -0.25) is 15.0 Å².